The molecule has 1 aliphatic heterocycles. The van der Waals surface area contributed by atoms with Gasteiger partial charge in [0.15, 0.2) is 0 Å². The Hall–Kier alpha value is -2.29. The molecular weight excluding hydrogens is 482 g/mol. The molecule has 3 heterocycles. The van der Waals surface area contributed by atoms with Crippen LogP contribution in [-0.2, 0) is 11.3 Å². The first kappa shape index (κ1) is 26.3. The van der Waals surface area contributed by atoms with Gasteiger partial charge in [0.25, 0.3) is 5.91 Å². The Morgan fingerprint density at radius 2 is 1.86 bits per heavy atom. The fourth-order valence-electron chi connectivity index (χ4n) is 6.14. The number of piperidine rings is 1. The molecule has 0 aromatic carbocycles. The Labute approximate surface area is 224 Å². The number of likely N-dealkylation sites (tertiary alicyclic amines) is 1. The third kappa shape index (κ3) is 6.59. The number of hydrogen-bond donors (Lipinski definition) is 2. The number of aromatic nitrogens is 1. The maximum absolute atomic E-state index is 13.7. The number of nitrogens with zero attached hydrogens (tertiary/aromatic N) is 3. The van der Waals surface area contributed by atoms with Crippen molar-refractivity contribution in [3.63, 3.8) is 0 Å². The summed E-state index contributed by atoms with van der Waals surface area (Å²) in [6.45, 7) is 5.12. The molecule has 8 heteroatoms. The van der Waals surface area contributed by atoms with E-state index in [1.807, 2.05) is 11.3 Å². The predicted molar refractivity (Wildman–Crippen MR) is 147 cm³/mol. The zero-order valence-corrected chi connectivity index (χ0v) is 22.8. The standard InChI is InChI=1S/C29H41N5O2S/c1-20-4-11-26(37-20)19-34(24-9-10-24)25-12-14-33(29(36)23-3-2-13-31-18-23)27(15-25)28(35)32-17-22-7-5-21(16-30)6-8-22/h2-4,11,13,18,21-22,24-25,27H,5-10,12,14-17,19,30H2,1H3,(H,32,35)/t21?,22?,25?,27-/m1/s1. The van der Waals surface area contributed by atoms with E-state index in [4.69, 9.17) is 5.73 Å². The van der Waals surface area contributed by atoms with Crippen LogP contribution in [0.2, 0.25) is 0 Å². The Kier molecular flexibility index (Phi) is 8.57. The molecule has 2 aromatic heterocycles. The van der Waals surface area contributed by atoms with Crippen LogP contribution >= 0.6 is 11.3 Å². The van der Waals surface area contributed by atoms with Crippen LogP contribution in [0.1, 0.15) is 71.5 Å². The van der Waals surface area contributed by atoms with Gasteiger partial charge >= 0.3 is 0 Å². The van der Waals surface area contributed by atoms with Crippen LogP contribution in [0.15, 0.2) is 36.7 Å². The lowest BCUT2D eigenvalue weighted by atomic mass is 9.82. The van der Waals surface area contributed by atoms with E-state index < -0.39 is 6.04 Å². The summed E-state index contributed by atoms with van der Waals surface area (Å²) in [5.74, 6) is 1.02. The minimum absolute atomic E-state index is 0.00870. The number of nitrogens with two attached hydrogens (primary N) is 1. The summed E-state index contributed by atoms with van der Waals surface area (Å²) >= 11 is 1.86. The minimum Gasteiger partial charge on any atom is -0.354 e. The average molecular weight is 524 g/mol. The molecule has 3 N–H and O–H groups in total. The topological polar surface area (TPSA) is 91.6 Å². The van der Waals surface area contributed by atoms with Crippen LogP contribution < -0.4 is 11.1 Å². The fourth-order valence-corrected chi connectivity index (χ4v) is 7.04. The Balaban J connectivity index is 1.29. The Morgan fingerprint density at radius 1 is 1.08 bits per heavy atom. The third-order valence-corrected chi connectivity index (χ3v) is 9.52. The summed E-state index contributed by atoms with van der Waals surface area (Å²) in [6.07, 6.45) is 11.8. The summed E-state index contributed by atoms with van der Waals surface area (Å²) in [4.78, 5) is 38.4. The SMILES string of the molecule is Cc1ccc(CN(C2CC2)C2CCN(C(=O)c3cccnc3)[C@@H](C(=O)NCC3CCC(CN)CC3)C2)s1. The van der Waals surface area contributed by atoms with Crippen molar-refractivity contribution in [2.75, 3.05) is 19.6 Å². The predicted octanol–water partition coefficient (Wildman–Crippen LogP) is 3.97. The van der Waals surface area contributed by atoms with Gasteiger partial charge < -0.3 is 16.0 Å². The molecule has 1 saturated heterocycles. The van der Waals surface area contributed by atoms with Crippen molar-refractivity contribution in [1.29, 1.82) is 0 Å². The molecule has 3 aliphatic rings. The summed E-state index contributed by atoms with van der Waals surface area (Å²) in [6, 6.07) is 8.43. The third-order valence-electron chi connectivity index (χ3n) is 8.53. The van der Waals surface area contributed by atoms with Crippen LogP contribution in [-0.4, -0.2) is 64.4 Å². The van der Waals surface area contributed by atoms with Gasteiger partial charge in [-0.05, 0) is 101 Å². The molecule has 2 aliphatic carbocycles. The maximum atomic E-state index is 13.7. The van der Waals surface area contributed by atoms with Gasteiger partial charge in [0.2, 0.25) is 5.91 Å². The molecule has 0 bridgehead atoms. The summed E-state index contributed by atoms with van der Waals surface area (Å²) in [7, 11) is 0. The number of amides is 2. The smallest absolute Gasteiger partial charge is 0.256 e. The second kappa shape index (κ2) is 12.0. The van der Waals surface area contributed by atoms with Crippen LogP contribution in [0.5, 0.6) is 0 Å². The molecule has 2 atom stereocenters. The number of rotatable bonds is 9. The number of carbonyl (C=O) groups excluding carboxylic acids is 2. The first-order valence-corrected chi connectivity index (χ1v) is 14.8. The number of carbonyl (C=O) groups is 2. The van der Waals surface area contributed by atoms with Crippen molar-refractivity contribution in [3.8, 4) is 0 Å². The van der Waals surface area contributed by atoms with Crippen LogP contribution in [0, 0.1) is 18.8 Å². The quantitative estimate of drug-likeness (QED) is 0.519. The summed E-state index contributed by atoms with van der Waals surface area (Å²) in [5.41, 5.74) is 6.41. The van der Waals surface area contributed by atoms with E-state index in [2.05, 4.69) is 34.3 Å². The number of thiophene rings is 1. The van der Waals surface area contributed by atoms with Crippen molar-refractivity contribution >= 4 is 23.2 Å². The molecule has 0 spiro atoms. The molecule has 0 radical (unpaired) electrons. The molecule has 2 saturated carbocycles. The Bertz CT molecular complexity index is 1050. The van der Waals surface area contributed by atoms with Crippen molar-refractivity contribution in [2.24, 2.45) is 17.6 Å². The van der Waals surface area contributed by atoms with Gasteiger partial charge in [-0.3, -0.25) is 19.5 Å². The molecule has 7 nitrogen and oxygen atoms in total. The molecule has 3 fully saturated rings. The van der Waals surface area contributed by atoms with E-state index in [0.717, 1.165) is 45.2 Å². The highest BCUT2D eigenvalue weighted by Gasteiger charge is 2.42. The van der Waals surface area contributed by atoms with Gasteiger partial charge in [-0.25, -0.2) is 0 Å². The molecule has 200 valence electrons. The lowest BCUT2D eigenvalue weighted by molar-refractivity contribution is -0.128. The second-order valence-electron chi connectivity index (χ2n) is 11.2. The summed E-state index contributed by atoms with van der Waals surface area (Å²) in [5, 5.41) is 3.25. The van der Waals surface area contributed by atoms with Gasteiger partial charge in [-0.1, -0.05) is 0 Å². The normalized spacial score (nSPS) is 26.3. The van der Waals surface area contributed by atoms with Crippen LogP contribution in [0.4, 0.5) is 0 Å². The van der Waals surface area contributed by atoms with E-state index >= 15 is 0 Å². The number of nitrogens with one attached hydrogen (secondary N) is 1. The maximum Gasteiger partial charge on any atom is 0.256 e. The first-order chi connectivity index (χ1) is 18.0. The monoisotopic (exact) mass is 523 g/mol. The summed E-state index contributed by atoms with van der Waals surface area (Å²) < 4.78 is 0. The van der Waals surface area contributed by atoms with Crippen molar-refractivity contribution in [3.05, 3.63) is 52.0 Å². The molecule has 2 amide bonds. The molecule has 1 unspecified atom stereocenters. The highest BCUT2D eigenvalue weighted by atomic mass is 32.1. The highest BCUT2D eigenvalue weighted by molar-refractivity contribution is 7.11. The van der Waals surface area contributed by atoms with E-state index in [0.29, 0.717) is 49.0 Å². The lowest BCUT2D eigenvalue weighted by Gasteiger charge is -2.43. The van der Waals surface area contributed by atoms with Crippen LogP contribution in [0.3, 0.4) is 0 Å². The second-order valence-corrected chi connectivity index (χ2v) is 12.6. The zero-order valence-electron chi connectivity index (χ0n) is 22.0. The highest BCUT2D eigenvalue weighted by Crippen LogP contribution is 2.36. The van der Waals surface area contributed by atoms with Gasteiger partial charge in [0.1, 0.15) is 6.04 Å². The largest absolute Gasteiger partial charge is 0.354 e. The van der Waals surface area contributed by atoms with E-state index in [9.17, 15) is 9.59 Å². The van der Waals surface area contributed by atoms with E-state index in [-0.39, 0.29) is 11.8 Å². The van der Waals surface area contributed by atoms with Gasteiger partial charge in [-0.2, -0.15) is 0 Å². The van der Waals surface area contributed by atoms with Gasteiger partial charge in [-0.15, -0.1) is 11.3 Å². The van der Waals surface area contributed by atoms with Crippen molar-refractivity contribution in [1.82, 2.24) is 20.1 Å². The van der Waals surface area contributed by atoms with Gasteiger partial charge in [0, 0.05) is 53.9 Å². The number of hydrogen-bond acceptors (Lipinski definition) is 6. The number of aryl methyl sites for hydroxylation is 1. The van der Waals surface area contributed by atoms with E-state index in [1.54, 1.807) is 29.4 Å². The molecule has 2 aromatic rings. The van der Waals surface area contributed by atoms with Gasteiger partial charge in [0.05, 0.1) is 5.56 Å². The fraction of sp³-hybridized carbons (Fsp3) is 0.621. The zero-order chi connectivity index (χ0) is 25.8. The molecular formula is C29H41N5O2S. The van der Waals surface area contributed by atoms with Crippen molar-refractivity contribution in [2.45, 2.75) is 83.0 Å². The average Bonchev–Trinajstić information content (AvgIpc) is 3.70. The molecule has 5 rings (SSSR count). The first-order valence-electron chi connectivity index (χ1n) is 14.0. The van der Waals surface area contributed by atoms with Crippen LogP contribution in [0.25, 0.3) is 0 Å². The lowest BCUT2D eigenvalue weighted by Crippen LogP contribution is -2.58. The van der Waals surface area contributed by atoms with E-state index in [1.165, 1.54) is 22.6 Å². The molecule has 37 heavy (non-hydrogen) atoms. The minimum atomic E-state index is -0.460. The van der Waals surface area contributed by atoms with Crippen molar-refractivity contribution < 1.29 is 9.59 Å². The Morgan fingerprint density at radius 3 is 2.51 bits per heavy atom. The number of pyridine rings is 1.